The lowest BCUT2D eigenvalue weighted by Crippen LogP contribution is -2.11. The first kappa shape index (κ1) is 12.7. The minimum Gasteiger partial charge on any atom is -0.472 e. The van der Waals surface area contributed by atoms with Crippen molar-refractivity contribution in [2.24, 2.45) is 0 Å². The van der Waals surface area contributed by atoms with E-state index in [0.29, 0.717) is 0 Å². The van der Waals surface area contributed by atoms with Crippen molar-refractivity contribution >= 4 is 33.0 Å². The van der Waals surface area contributed by atoms with E-state index in [1.807, 2.05) is 18.2 Å². The van der Waals surface area contributed by atoms with Crippen molar-refractivity contribution in [3.63, 3.8) is 0 Å². The zero-order valence-corrected chi connectivity index (χ0v) is 12.1. The second kappa shape index (κ2) is 5.37. The number of furan rings is 1. The predicted octanol–water partition coefficient (Wildman–Crippen LogP) is 4.75. The average Bonchev–Trinajstić information content (AvgIpc) is 3.01. The summed E-state index contributed by atoms with van der Waals surface area (Å²) < 4.78 is 6.23. The molecule has 0 aliphatic carbocycles. The van der Waals surface area contributed by atoms with Crippen molar-refractivity contribution in [3.05, 3.63) is 57.8 Å². The van der Waals surface area contributed by atoms with Crippen molar-refractivity contribution in [3.8, 4) is 0 Å². The SMILES string of the molecule is Cc1c(CNCc2ccoc2)sc2c(Cl)cccc12. The van der Waals surface area contributed by atoms with Crippen LogP contribution in [0.2, 0.25) is 5.02 Å². The zero-order valence-electron chi connectivity index (χ0n) is 10.6. The van der Waals surface area contributed by atoms with Gasteiger partial charge in [0.15, 0.2) is 0 Å². The highest BCUT2D eigenvalue weighted by Gasteiger charge is 2.10. The lowest BCUT2D eigenvalue weighted by Gasteiger charge is -2.01. The fourth-order valence-electron chi connectivity index (χ4n) is 2.14. The summed E-state index contributed by atoms with van der Waals surface area (Å²) in [6.45, 7) is 3.83. The summed E-state index contributed by atoms with van der Waals surface area (Å²) in [5.41, 5.74) is 2.49. The smallest absolute Gasteiger partial charge is 0.0947 e. The Bertz CT molecular complexity index is 688. The van der Waals surface area contributed by atoms with E-state index in [1.165, 1.54) is 20.5 Å². The van der Waals surface area contributed by atoms with Crippen LogP contribution in [0.25, 0.3) is 10.1 Å². The van der Waals surface area contributed by atoms with Gasteiger partial charge in [-0.15, -0.1) is 11.3 Å². The monoisotopic (exact) mass is 291 g/mol. The quantitative estimate of drug-likeness (QED) is 0.750. The van der Waals surface area contributed by atoms with Crippen LogP contribution in [0.1, 0.15) is 16.0 Å². The molecule has 0 amide bonds. The minimum atomic E-state index is 0.817. The number of hydrogen-bond donors (Lipinski definition) is 1. The molecule has 2 aromatic heterocycles. The van der Waals surface area contributed by atoms with Crippen molar-refractivity contribution in [2.75, 3.05) is 0 Å². The molecule has 0 bridgehead atoms. The fraction of sp³-hybridized carbons (Fsp3) is 0.200. The Kier molecular flexibility index (Phi) is 3.60. The van der Waals surface area contributed by atoms with Gasteiger partial charge in [0, 0.05) is 23.5 Å². The van der Waals surface area contributed by atoms with Gasteiger partial charge in [0.25, 0.3) is 0 Å². The molecule has 98 valence electrons. The van der Waals surface area contributed by atoms with E-state index in [-0.39, 0.29) is 0 Å². The van der Waals surface area contributed by atoms with Crippen LogP contribution in [0.4, 0.5) is 0 Å². The Morgan fingerprint density at radius 1 is 1.26 bits per heavy atom. The third kappa shape index (κ3) is 2.54. The molecule has 0 unspecified atom stereocenters. The van der Waals surface area contributed by atoms with Gasteiger partial charge in [-0.1, -0.05) is 23.7 Å². The van der Waals surface area contributed by atoms with Crippen molar-refractivity contribution in [1.29, 1.82) is 0 Å². The molecule has 0 aliphatic heterocycles. The maximum absolute atomic E-state index is 6.24. The second-order valence-corrected chi connectivity index (χ2v) is 6.01. The van der Waals surface area contributed by atoms with Gasteiger partial charge >= 0.3 is 0 Å². The number of hydrogen-bond acceptors (Lipinski definition) is 3. The zero-order chi connectivity index (χ0) is 13.2. The van der Waals surface area contributed by atoms with Crippen LogP contribution < -0.4 is 5.32 Å². The van der Waals surface area contributed by atoms with Crippen molar-refractivity contribution < 1.29 is 4.42 Å². The van der Waals surface area contributed by atoms with Crippen LogP contribution >= 0.6 is 22.9 Å². The molecule has 3 rings (SSSR count). The van der Waals surface area contributed by atoms with E-state index in [0.717, 1.165) is 23.7 Å². The molecule has 3 aromatic rings. The van der Waals surface area contributed by atoms with E-state index >= 15 is 0 Å². The number of fused-ring (bicyclic) bond motifs is 1. The Hall–Kier alpha value is -1.29. The normalized spacial score (nSPS) is 11.3. The number of aryl methyl sites for hydroxylation is 1. The largest absolute Gasteiger partial charge is 0.472 e. The highest BCUT2D eigenvalue weighted by atomic mass is 35.5. The van der Waals surface area contributed by atoms with E-state index in [4.69, 9.17) is 16.0 Å². The van der Waals surface area contributed by atoms with Gasteiger partial charge in [0.1, 0.15) is 0 Å². The van der Waals surface area contributed by atoms with Crippen LogP contribution in [-0.2, 0) is 13.1 Å². The fourth-order valence-corrected chi connectivity index (χ4v) is 3.61. The van der Waals surface area contributed by atoms with E-state index in [1.54, 1.807) is 23.9 Å². The van der Waals surface area contributed by atoms with E-state index in [2.05, 4.69) is 18.3 Å². The number of thiophene rings is 1. The lowest BCUT2D eigenvalue weighted by molar-refractivity contribution is 0.560. The number of benzene rings is 1. The predicted molar refractivity (Wildman–Crippen MR) is 80.8 cm³/mol. The van der Waals surface area contributed by atoms with Gasteiger partial charge in [-0.05, 0) is 30.0 Å². The molecule has 0 radical (unpaired) electrons. The molecule has 4 heteroatoms. The van der Waals surface area contributed by atoms with Gasteiger partial charge < -0.3 is 9.73 Å². The molecular formula is C15H14ClNOS. The maximum atomic E-state index is 6.24. The number of rotatable bonds is 4. The highest BCUT2D eigenvalue weighted by Crippen LogP contribution is 2.35. The molecule has 0 saturated heterocycles. The number of halogens is 1. The summed E-state index contributed by atoms with van der Waals surface area (Å²) in [5.74, 6) is 0. The summed E-state index contributed by atoms with van der Waals surface area (Å²) in [5, 5.41) is 5.53. The topological polar surface area (TPSA) is 25.2 Å². The first-order valence-electron chi connectivity index (χ1n) is 6.14. The highest BCUT2D eigenvalue weighted by molar-refractivity contribution is 7.20. The van der Waals surface area contributed by atoms with Crippen molar-refractivity contribution in [1.82, 2.24) is 5.32 Å². The van der Waals surface area contributed by atoms with E-state index < -0.39 is 0 Å². The summed E-state index contributed by atoms with van der Waals surface area (Å²) in [6, 6.07) is 8.06. The minimum absolute atomic E-state index is 0.817. The van der Waals surface area contributed by atoms with Crippen LogP contribution in [0, 0.1) is 6.92 Å². The van der Waals surface area contributed by atoms with Crippen LogP contribution in [0.5, 0.6) is 0 Å². The molecule has 0 fully saturated rings. The van der Waals surface area contributed by atoms with Gasteiger partial charge in [-0.3, -0.25) is 0 Å². The van der Waals surface area contributed by atoms with Crippen LogP contribution in [-0.4, -0.2) is 0 Å². The van der Waals surface area contributed by atoms with Gasteiger partial charge in [0.2, 0.25) is 0 Å². The molecule has 2 nitrogen and oxygen atoms in total. The molecule has 19 heavy (non-hydrogen) atoms. The Morgan fingerprint density at radius 2 is 2.16 bits per heavy atom. The Balaban J connectivity index is 1.78. The molecule has 0 aliphatic rings. The third-order valence-electron chi connectivity index (χ3n) is 3.21. The molecule has 0 atom stereocenters. The Labute approximate surface area is 121 Å². The summed E-state index contributed by atoms with van der Waals surface area (Å²) in [7, 11) is 0. The summed E-state index contributed by atoms with van der Waals surface area (Å²) in [6.07, 6.45) is 3.46. The molecule has 0 saturated carbocycles. The average molecular weight is 292 g/mol. The van der Waals surface area contributed by atoms with Gasteiger partial charge in [-0.25, -0.2) is 0 Å². The van der Waals surface area contributed by atoms with Crippen LogP contribution in [0.3, 0.4) is 0 Å². The van der Waals surface area contributed by atoms with Crippen molar-refractivity contribution in [2.45, 2.75) is 20.0 Å². The van der Waals surface area contributed by atoms with Gasteiger partial charge in [0.05, 0.1) is 22.2 Å². The van der Waals surface area contributed by atoms with Gasteiger partial charge in [-0.2, -0.15) is 0 Å². The van der Waals surface area contributed by atoms with E-state index in [9.17, 15) is 0 Å². The second-order valence-electron chi connectivity index (χ2n) is 4.50. The molecule has 2 heterocycles. The first-order valence-corrected chi connectivity index (χ1v) is 7.33. The summed E-state index contributed by atoms with van der Waals surface area (Å²) >= 11 is 8.01. The molecule has 1 N–H and O–H groups in total. The standard InChI is InChI=1S/C15H14ClNOS/c1-10-12-3-2-4-13(16)15(12)19-14(10)8-17-7-11-5-6-18-9-11/h2-6,9,17H,7-8H2,1H3. The molecular weight excluding hydrogens is 278 g/mol. The van der Waals surface area contributed by atoms with Crippen LogP contribution in [0.15, 0.2) is 41.2 Å². The maximum Gasteiger partial charge on any atom is 0.0947 e. The molecule has 1 aromatic carbocycles. The summed E-state index contributed by atoms with van der Waals surface area (Å²) in [4.78, 5) is 1.34. The third-order valence-corrected chi connectivity index (χ3v) is 4.98. The number of nitrogens with one attached hydrogen (secondary N) is 1. The lowest BCUT2D eigenvalue weighted by atomic mass is 10.1. The first-order chi connectivity index (χ1) is 9.25. The Morgan fingerprint density at radius 3 is 2.89 bits per heavy atom. The molecule has 0 spiro atoms.